The average molecular weight is 284 g/mol. The summed E-state index contributed by atoms with van der Waals surface area (Å²) in [6.45, 7) is 3.88. The number of carbonyl (C=O) groups is 3. The first-order chi connectivity index (χ1) is 8.72. The summed E-state index contributed by atoms with van der Waals surface area (Å²) in [5.74, 6) is -0.00292. The molecule has 0 saturated carbocycles. The molecule has 0 rings (SSSR count). The third kappa shape index (κ3) is 31.4. The molecule has 19 heavy (non-hydrogen) atoms. The SMILES string of the molecule is CCCC(=O)C(CCC)OO.O=C(O)O.O=C(O)O. The molecule has 1 unspecified atom stereocenters. The number of Topliss-reactive ketones (excluding diaryl/α,β-unsaturated/α-hetero) is 1. The van der Waals surface area contributed by atoms with Gasteiger partial charge in [-0.05, 0) is 12.8 Å². The maximum Gasteiger partial charge on any atom is 0.503 e. The van der Waals surface area contributed by atoms with Crippen LogP contribution in [0.5, 0.6) is 0 Å². The second kappa shape index (κ2) is 16.1. The van der Waals surface area contributed by atoms with Gasteiger partial charge in [-0.1, -0.05) is 20.3 Å². The van der Waals surface area contributed by atoms with Gasteiger partial charge in [0.1, 0.15) is 0 Å². The molecular weight excluding hydrogens is 264 g/mol. The van der Waals surface area contributed by atoms with Gasteiger partial charge in [0.25, 0.3) is 0 Å². The smallest absolute Gasteiger partial charge is 0.450 e. The molecular formula is C10H20O9. The van der Waals surface area contributed by atoms with E-state index in [-0.39, 0.29) is 5.78 Å². The largest absolute Gasteiger partial charge is 0.503 e. The van der Waals surface area contributed by atoms with Gasteiger partial charge in [-0.3, -0.25) is 10.1 Å². The van der Waals surface area contributed by atoms with Gasteiger partial charge < -0.3 is 20.4 Å². The number of ketones is 1. The highest BCUT2D eigenvalue weighted by Crippen LogP contribution is 2.05. The molecule has 9 heteroatoms. The van der Waals surface area contributed by atoms with Crippen molar-refractivity contribution in [2.24, 2.45) is 0 Å². The Kier molecular flexibility index (Phi) is 19.0. The molecule has 0 saturated heterocycles. The standard InChI is InChI=1S/C8H16O3.2CH2O3/c1-3-5-7(9)8(11-10)6-4-2;2*2-1(3)4/h8,10H,3-6H2,1-2H3;2*(H2,2,3,4). The minimum Gasteiger partial charge on any atom is -0.450 e. The molecule has 0 bridgehead atoms. The molecule has 0 spiro atoms. The van der Waals surface area contributed by atoms with Gasteiger partial charge in [0.2, 0.25) is 0 Å². The van der Waals surface area contributed by atoms with E-state index >= 15 is 0 Å². The van der Waals surface area contributed by atoms with E-state index in [4.69, 9.17) is 35.3 Å². The first-order valence-corrected chi connectivity index (χ1v) is 5.39. The predicted octanol–water partition coefficient (Wildman–Crippen LogP) is 2.46. The Morgan fingerprint density at radius 3 is 1.53 bits per heavy atom. The van der Waals surface area contributed by atoms with Crippen LogP contribution in [0.4, 0.5) is 9.59 Å². The monoisotopic (exact) mass is 284 g/mol. The van der Waals surface area contributed by atoms with Crippen molar-refractivity contribution >= 4 is 18.1 Å². The van der Waals surface area contributed by atoms with E-state index in [2.05, 4.69) is 4.89 Å². The van der Waals surface area contributed by atoms with Crippen LogP contribution in [0.15, 0.2) is 0 Å². The summed E-state index contributed by atoms with van der Waals surface area (Å²) in [6.07, 6.45) is -1.51. The lowest BCUT2D eigenvalue weighted by molar-refractivity contribution is -0.272. The summed E-state index contributed by atoms with van der Waals surface area (Å²) >= 11 is 0. The van der Waals surface area contributed by atoms with Crippen molar-refractivity contribution in [3.8, 4) is 0 Å². The minimum absolute atomic E-state index is 0.00292. The summed E-state index contributed by atoms with van der Waals surface area (Å²) in [5.41, 5.74) is 0. The first kappa shape index (κ1) is 22.3. The quantitative estimate of drug-likeness (QED) is 0.364. The van der Waals surface area contributed by atoms with E-state index in [1.807, 2.05) is 13.8 Å². The van der Waals surface area contributed by atoms with Gasteiger partial charge in [0.15, 0.2) is 11.9 Å². The first-order valence-electron chi connectivity index (χ1n) is 5.39. The molecule has 0 fully saturated rings. The maximum atomic E-state index is 11.1. The Morgan fingerprint density at radius 2 is 1.32 bits per heavy atom. The number of carboxylic acid groups (broad SMARTS) is 4. The second-order valence-corrected chi connectivity index (χ2v) is 3.16. The van der Waals surface area contributed by atoms with Crippen molar-refractivity contribution in [1.29, 1.82) is 0 Å². The van der Waals surface area contributed by atoms with Crippen molar-refractivity contribution in [3.05, 3.63) is 0 Å². The molecule has 114 valence electrons. The molecule has 5 N–H and O–H groups in total. The second-order valence-electron chi connectivity index (χ2n) is 3.16. The van der Waals surface area contributed by atoms with E-state index < -0.39 is 18.4 Å². The summed E-state index contributed by atoms with van der Waals surface area (Å²) in [6, 6.07) is 0. The van der Waals surface area contributed by atoms with Crippen molar-refractivity contribution in [2.45, 2.75) is 45.6 Å². The van der Waals surface area contributed by atoms with Crippen LogP contribution in [-0.2, 0) is 9.68 Å². The fraction of sp³-hybridized carbons (Fsp3) is 0.700. The van der Waals surface area contributed by atoms with Gasteiger partial charge in [-0.2, -0.15) is 0 Å². The molecule has 0 aromatic rings. The van der Waals surface area contributed by atoms with Crippen LogP contribution in [0.25, 0.3) is 0 Å². The van der Waals surface area contributed by atoms with Gasteiger partial charge in [0, 0.05) is 6.42 Å². The summed E-state index contributed by atoms with van der Waals surface area (Å²) in [5, 5.41) is 36.2. The number of hydrogen-bond acceptors (Lipinski definition) is 5. The Bertz CT molecular complexity index is 231. The highest BCUT2D eigenvalue weighted by Gasteiger charge is 2.16. The fourth-order valence-corrected chi connectivity index (χ4v) is 0.942. The number of hydrogen-bond donors (Lipinski definition) is 5. The molecule has 9 nitrogen and oxygen atoms in total. The van der Waals surface area contributed by atoms with E-state index in [9.17, 15) is 4.79 Å². The molecule has 0 aliphatic rings. The highest BCUT2D eigenvalue weighted by molar-refractivity contribution is 5.82. The molecule has 0 aliphatic heterocycles. The van der Waals surface area contributed by atoms with Crippen LogP contribution in [0.3, 0.4) is 0 Å². The molecule has 1 atom stereocenters. The average Bonchev–Trinajstić information content (AvgIpc) is 2.24. The summed E-state index contributed by atoms with van der Waals surface area (Å²) < 4.78 is 0. The Morgan fingerprint density at radius 1 is 0.947 bits per heavy atom. The normalized spacial score (nSPS) is 10.1. The van der Waals surface area contributed by atoms with E-state index in [1.54, 1.807) is 0 Å². The maximum absolute atomic E-state index is 11.1. The predicted molar refractivity (Wildman–Crippen MR) is 63.6 cm³/mol. The van der Waals surface area contributed by atoms with Crippen LogP contribution < -0.4 is 0 Å². The van der Waals surface area contributed by atoms with Gasteiger partial charge in [-0.15, -0.1) is 0 Å². The molecule has 0 aromatic carbocycles. The molecule has 0 amide bonds. The molecule has 0 aromatic heterocycles. The highest BCUT2D eigenvalue weighted by atomic mass is 17.1. The van der Waals surface area contributed by atoms with Crippen LogP contribution in [0, 0.1) is 0 Å². The Hall–Kier alpha value is -1.87. The van der Waals surface area contributed by atoms with Crippen LogP contribution >= 0.6 is 0 Å². The fourth-order valence-electron chi connectivity index (χ4n) is 0.942. The molecule has 0 heterocycles. The van der Waals surface area contributed by atoms with E-state index in [0.29, 0.717) is 12.8 Å². The van der Waals surface area contributed by atoms with Crippen molar-refractivity contribution in [3.63, 3.8) is 0 Å². The van der Waals surface area contributed by atoms with Crippen molar-refractivity contribution in [1.82, 2.24) is 0 Å². The summed E-state index contributed by atoms with van der Waals surface area (Å²) in [4.78, 5) is 32.2. The zero-order valence-corrected chi connectivity index (χ0v) is 10.8. The minimum atomic E-state index is -1.83. The van der Waals surface area contributed by atoms with Gasteiger partial charge in [0.05, 0.1) is 0 Å². The lowest BCUT2D eigenvalue weighted by atomic mass is 10.1. The number of rotatable bonds is 6. The van der Waals surface area contributed by atoms with E-state index in [1.165, 1.54) is 0 Å². The van der Waals surface area contributed by atoms with Crippen LogP contribution in [0.1, 0.15) is 39.5 Å². The number of carbonyl (C=O) groups excluding carboxylic acids is 1. The zero-order chi connectivity index (χ0) is 15.8. The van der Waals surface area contributed by atoms with Crippen LogP contribution in [-0.4, -0.2) is 49.9 Å². The third-order valence-corrected chi connectivity index (χ3v) is 1.53. The van der Waals surface area contributed by atoms with Gasteiger partial charge >= 0.3 is 12.3 Å². The van der Waals surface area contributed by atoms with Crippen LogP contribution in [0.2, 0.25) is 0 Å². The van der Waals surface area contributed by atoms with Crippen molar-refractivity contribution < 1.29 is 45.0 Å². The summed E-state index contributed by atoms with van der Waals surface area (Å²) in [7, 11) is 0. The molecule has 0 aliphatic carbocycles. The van der Waals surface area contributed by atoms with Gasteiger partial charge in [-0.25, -0.2) is 14.5 Å². The molecule has 0 radical (unpaired) electrons. The van der Waals surface area contributed by atoms with Crippen molar-refractivity contribution in [2.75, 3.05) is 0 Å². The zero-order valence-electron chi connectivity index (χ0n) is 10.8. The third-order valence-electron chi connectivity index (χ3n) is 1.53. The lowest BCUT2D eigenvalue weighted by Gasteiger charge is -2.09. The lowest BCUT2D eigenvalue weighted by Crippen LogP contribution is -2.22. The van der Waals surface area contributed by atoms with E-state index in [0.717, 1.165) is 12.8 Å². The Labute approximate surface area is 110 Å². The Balaban J connectivity index is -0.000000264. The topological polar surface area (TPSA) is 162 Å².